The molecule has 0 fully saturated rings. The van der Waals surface area contributed by atoms with E-state index >= 15 is 0 Å². The highest BCUT2D eigenvalue weighted by atomic mass is 16.2. The van der Waals surface area contributed by atoms with Crippen molar-refractivity contribution >= 4 is 0 Å². The highest BCUT2D eigenvalue weighted by Gasteiger charge is 2.04. The molecule has 1 aromatic heterocycles. The lowest BCUT2D eigenvalue weighted by molar-refractivity contribution is 0.281. The second kappa shape index (κ2) is 12.4. The van der Waals surface area contributed by atoms with Gasteiger partial charge in [0.25, 0.3) is 5.56 Å². The van der Waals surface area contributed by atoms with E-state index in [1.807, 2.05) is 0 Å². The van der Waals surface area contributed by atoms with Gasteiger partial charge in [0.2, 0.25) is 0 Å². The van der Waals surface area contributed by atoms with Crippen molar-refractivity contribution in [3.8, 4) is 0 Å². The third kappa shape index (κ3) is 7.74. The summed E-state index contributed by atoms with van der Waals surface area (Å²) < 4.78 is 1.72. The molecule has 0 saturated carbocycles. The van der Waals surface area contributed by atoms with Gasteiger partial charge in [0, 0.05) is 25.5 Å². The Labute approximate surface area is 134 Å². The van der Waals surface area contributed by atoms with Crippen molar-refractivity contribution in [1.29, 1.82) is 0 Å². The van der Waals surface area contributed by atoms with Crippen LogP contribution in [0.3, 0.4) is 0 Å². The van der Waals surface area contributed by atoms with Crippen LogP contribution in [0.5, 0.6) is 0 Å². The summed E-state index contributed by atoms with van der Waals surface area (Å²) in [5.41, 5.74) is 0.737. The Hall–Kier alpha value is -1.16. The topological polar surface area (TPSA) is 55.1 Å². The number of nitrogens with zero attached hydrogens (tertiary/aromatic N) is 2. The van der Waals surface area contributed by atoms with Crippen LogP contribution >= 0.6 is 0 Å². The minimum absolute atomic E-state index is 0.0448. The first kappa shape index (κ1) is 18.9. The summed E-state index contributed by atoms with van der Waals surface area (Å²) in [5, 5.41) is 8.80. The number of aryl methyl sites for hydroxylation is 2. The Bertz CT molecular complexity index is 443. The zero-order chi connectivity index (χ0) is 16.0. The van der Waals surface area contributed by atoms with Gasteiger partial charge in [-0.1, -0.05) is 51.9 Å². The molecule has 0 aliphatic carbocycles. The summed E-state index contributed by atoms with van der Waals surface area (Å²) in [6.45, 7) is 3.10. The highest BCUT2D eigenvalue weighted by Crippen LogP contribution is 2.09. The molecule has 1 heterocycles. The van der Waals surface area contributed by atoms with Crippen LogP contribution in [0.25, 0.3) is 0 Å². The van der Waals surface area contributed by atoms with Gasteiger partial charge in [-0.3, -0.25) is 9.78 Å². The second-order valence-corrected chi connectivity index (χ2v) is 6.03. The molecule has 0 aromatic carbocycles. The van der Waals surface area contributed by atoms with Crippen molar-refractivity contribution in [2.24, 2.45) is 0 Å². The summed E-state index contributed by atoms with van der Waals surface area (Å²) in [6.07, 6.45) is 16.0. The van der Waals surface area contributed by atoms with Crippen molar-refractivity contribution < 1.29 is 5.11 Å². The van der Waals surface area contributed by atoms with Gasteiger partial charge in [-0.2, -0.15) is 0 Å². The molecule has 0 radical (unpaired) electrons. The number of hydrogen-bond acceptors (Lipinski definition) is 3. The van der Waals surface area contributed by atoms with E-state index in [2.05, 4.69) is 11.9 Å². The molecule has 1 aromatic rings. The largest absolute Gasteiger partial charge is 0.396 e. The normalized spacial score (nSPS) is 11.0. The number of aromatic nitrogens is 2. The number of aliphatic hydroxyl groups excluding tert-OH is 1. The Morgan fingerprint density at radius 3 is 2.36 bits per heavy atom. The fourth-order valence-electron chi connectivity index (χ4n) is 2.66. The first-order chi connectivity index (χ1) is 10.8. The van der Waals surface area contributed by atoms with Gasteiger partial charge in [-0.15, -0.1) is 0 Å². The highest BCUT2D eigenvalue weighted by molar-refractivity contribution is 4.98. The van der Waals surface area contributed by atoms with E-state index in [0.29, 0.717) is 12.2 Å². The van der Waals surface area contributed by atoms with Gasteiger partial charge < -0.3 is 9.67 Å². The fourth-order valence-corrected chi connectivity index (χ4v) is 2.66. The molecule has 0 aliphatic rings. The zero-order valence-corrected chi connectivity index (χ0v) is 14.1. The summed E-state index contributed by atoms with van der Waals surface area (Å²) in [7, 11) is 0. The summed E-state index contributed by atoms with van der Waals surface area (Å²) >= 11 is 0. The first-order valence-corrected chi connectivity index (χ1v) is 8.94. The van der Waals surface area contributed by atoms with Gasteiger partial charge in [0.15, 0.2) is 0 Å². The number of unbranched alkanes of at least 4 members (excludes halogenated alkanes) is 8. The maximum Gasteiger partial charge on any atom is 0.272 e. The molecule has 0 aliphatic heterocycles. The van der Waals surface area contributed by atoms with E-state index in [0.717, 1.165) is 25.7 Å². The Kier molecular flexibility index (Phi) is 10.6. The van der Waals surface area contributed by atoms with Crippen LogP contribution in [0.1, 0.15) is 76.8 Å². The summed E-state index contributed by atoms with van der Waals surface area (Å²) in [6, 6.07) is 0. The van der Waals surface area contributed by atoms with Crippen LogP contribution in [0.15, 0.2) is 17.2 Å². The molecule has 0 amide bonds. The lowest BCUT2D eigenvalue weighted by Gasteiger charge is -2.07. The molecule has 1 N–H and O–H groups in total. The Balaban J connectivity index is 2.25. The van der Waals surface area contributed by atoms with E-state index in [1.165, 1.54) is 44.9 Å². The predicted octanol–water partition coefficient (Wildman–Crippen LogP) is 3.70. The van der Waals surface area contributed by atoms with Gasteiger partial charge in [0.05, 0.1) is 0 Å². The van der Waals surface area contributed by atoms with Crippen molar-refractivity contribution in [1.82, 2.24) is 9.55 Å². The molecule has 22 heavy (non-hydrogen) atoms. The smallest absolute Gasteiger partial charge is 0.272 e. The van der Waals surface area contributed by atoms with E-state index < -0.39 is 0 Å². The molecule has 126 valence electrons. The molecular weight excluding hydrogens is 276 g/mol. The number of hydrogen-bond donors (Lipinski definition) is 1. The molecule has 0 spiro atoms. The number of rotatable bonds is 13. The fraction of sp³-hybridized carbons (Fsp3) is 0.778. The van der Waals surface area contributed by atoms with Gasteiger partial charge in [-0.05, 0) is 25.7 Å². The summed E-state index contributed by atoms with van der Waals surface area (Å²) in [4.78, 5) is 16.5. The quantitative estimate of drug-likeness (QED) is 0.565. The van der Waals surface area contributed by atoms with Crippen LogP contribution in [-0.4, -0.2) is 21.3 Å². The number of aliphatic hydroxyl groups is 1. The SMILES string of the molecule is CCCCCCCCCCc1nccn(CCCCO)c1=O. The summed E-state index contributed by atoms with van der Waals surface area (Å²) in [5.74, 6) is 0. The average molecular weight is 308 g/mol. The van der Waals surface area contributed by atoms with Crippen LogP contribution < -0.4 is 5.56 Å². The molecule has 0 saturated heterocycles. The van der Waals surface area contributed by atoms with Gasteiger partial charge >= 0.3 is 0 Å². The van der Waals surface area contributed by atoms with Crippen molar-refractivity contribution in [2.45, 2.75) is 84.1 Å². The first-order valence-electron chi connectivity index (χ1n) is 8.94. The minimum atomic E-state index is 0.0448. The molecule has 4 heteroatoms. The maximum absolute atomic E-state index is 12.2. The molecule has 4 nitrogen and oxygen atoms in total. The molecule has 0 unspecified atom stereocenters. The monoisotopic (exact) mass is 308 g/mol. The van der Waals surface area contributed by atoms with E-state index in [9.17, 15) is 4.79 Å². The van der Waals surface area contributed by atoms with E-state index in [4.69, 9.17) is 5.11 Å². The van der Waals surface area contributed by atoms with Gasteiger partial charge in [-0.25, -0.2) is 0 Å². The molecule has 0 bridgehead atoms. The van der Waals surface area contributed by atoms with Crippen molar-refractivity contribution in [3.63, 3.8) is 0 Å². The lowest BCUT2D eigenvalue weighted by atomic mass is 10.1. The van der Waals surface area contributed by atoms with Crippen molar-refractivity contribution in [2.75, 3.05) is 6.61 Å². The minimum Gasteiger partial charge on any atom is -0.396 e. The van der Waals surface area contributed by atoms with E-state index in [1.54, 1.807) is 17.0 Å². The second-order valence-electron chi connectivity index (χ2n) is 6.03. The van der Waals surface area contributed by atoms with E-state index in [-0.39, 0.29) is 12.2 Å². The standard InChI is InChI=1S/C18H32N2O2/c1-2-3-4-5-6-7-8-9-12-17-18(22)20(15-13-19-17)14-10-11-16-21/h13,15,21H,2-12,14,16H2,1H3. The average Bonchev–Trinajstić information content (AvgIpc) is 2.53. The zero-order valence-electron chi connectivity index (χ0n) is 14.1. The van der Waals surface area contributed by atoms with Gasteiger partial charge in [0.1, 0.15) is 5.69 Å². The molecule has 0 atom stereocenters. The molecule has 1 rings (SSSR count). The predicted molar refractivity (Wildman–Crippen MR) is 91.1 cm³/mol. The van der Waals surface area contributed by atoms with Crippen LogP contribution in [0.4, 0.5) is 0 Å². The lowest BCUT2D eigenvalue weighted by Crippen LogP contribution is -2.24. The van der Waals surface area contributed by atoms with Crippen LogP contribution in [0, 0.1) is 0 Å². The van der Waals surface area contributed by atoms with Crippen LogP contribution in [0.2, 0.25) is 0 Å². The van der Waals surface area contributed by atoms with Crippen LogP contribution in [-0.2, 0) is 13.0 Å². The third-order valence-corrected chi connectivity index (χ3v) is 4.06. The third-order valence-electron chi connectivity index (χ3n) is 4.06. The molecular formula is C18H32N2O2. The maximum atomic E-state index is 12.2. The van der Waals surface area contributed by atoms with Crippen molar-refractivity contribution in [3.05, 3.63) is 28.4 Å². The Morgan fingerprint density at radius 1 is 1.00 bits per heavy atom. The Morgan fingerprint density at radius 2 is 1.68 bits per heavy atom.